The average Bonchev–Trinajstić information content (AvgIpc) is 2.59. The fraction of sp³-hybridized carbons (Fsp3) is 0.700. The monoisotopic (exact) mass is 320 g/mol. The lowest BCUT2D eigenvalue weighted by Gasteiger charge is -2.36. The topological polar surface area (TPSA) is 27.7 Å². The molecule has 3 heteroatoms. The predicted octanol–water partition coefficient (Wildman–Crippen LogP) is 5.50. The summed E-state index contributed by atoms with van der Waals surface area (Å²) in [4.78, 5) is 0. The molecule has 1 saturated heterocycles. The fourth-order valence-corrected chi connectivity index (χ4v) is 3.03. The first-order valence-corrected chi connectivity index (χ1v) is 9.28. The Morgan fingerprint density at radius 3 is 2.48 bits per heavy atom. The Labute approximate surface area is 141 Å². The molecule has 0 spiro atoms. The average molecular weight is 320 g/mol. The van der Waals surface area contributed by atoms with E-state index >= 15 is 0 Å². The Morgan fingerprint density at radius 1 is 1.04 bits per heavy atom. The summed E-state index contributed by atoms with van der Waals surface area (Å²) in [5.41, 5.74) is 1.08. The third-order valence-corrected chi connectivity index (χ3v) is 4.55. The highest BCUT2D eigenvalue weighted by Crippen LogP contribution is 2.33. The Hall–Kier alpha value is -1.06. The molecule has 0 bridgehead atoms. The van der Waals surface area contributed by atoms with E-state index in [1.165, 1.54) is 12.8 Å². The Balaban J connectivity index is 1.88. The third-order valence-electron chi connectivity index (χ3n) is 4.55. The van der Waals surface area contributed by atoms with Crippen molar-refractivity contribution in [3.63, 3.8) is 0 Å². The first kappa shape index (κ1) is 18.3. The van der Waals surface area contributed by atoms with Crippen LogP contribution in [0.4, 0.5) is 0 Å². The molecule has 130 valence electrons. The molecule has 1 fully saturated rings. The van der Waals surface area contributed by atoms with E-state index in [9.17, 15) is 0 Å². The van der Waals surface area contributed by atoms with Crippen molar-refractivity contribution in [3.8, 4) is 5.75 Å². The van der Waals surface area contributed by atoms with Gasteiger partial charge < -0.3 is 14.2 Å². The van der Waals surface area contributed by atoms with Crippen LogP contribution in [0.15, 0.2) is 24.3 Å². The third kappa shape index (κ3) is 5.50. The van der Waals surface area contributed by atoms with E-state index in [0.717, 1.165) is 50.2 Å². The molecule has 3 atom stereocenters. The summed E-state index contributed by atoms with van der Waals surface area (Å²) in [6.45, 7) is 8.21. The van der Waals surface area contributed by atoms with E-state index in [4.69, 9.17) is 14.2 Å². The summed E-state index contributed by atoms with van der Waals surface area (Å²) in [7, 11) is 0. The van der Waals surface area contributed by atoms with Gasteiger partial charge in [0, 0.05) is 11.5 Å². The quantitative estimate of drug-likeness (QED) is 0.563. The van der Waals surface area contributed by atoms with Gasteiger partial charge in [0.25, 0.3) is 0 Å². The van der Waals surface area contributed by atoms with Crippen molar-refractivity contribution in [1.82, 2.24) is 0 Å². The second-order valence-electron chi connectivity index (χ2n) is 6.42. The SMILES string of the molecule is CCCCCOc1ccc([C@@H]2OC[C@@H](CC)[C@H](CCC)O2)cc1. The molecule has 1 aromatic rings. The van der Waals surface area contributed by atoms with Crippen LogP contribution in [0.2, 0.25) is 0 Å². The summed E-state index contributed by atoms with van der Waals surface area (Å²) in [6, 6.07) is 8.17. The highest BCUT2D eigenvalue weighted by Gasteiger charge is 2.30. The Kier molecular flexibility index (Phi) is 7.90. The molecule has 1 heterocycles. The van der Waals surface area contributed by atoms with Gasteiger partial charge in [0.1, 0.15) is 5.75 Å². The number of hydrogen-bond donors (Lipinski definition) is 0. The van der Waals surface area contributed by atoms with Crippen LogP contribution in [-0.2, 0) is 9.47 Å². The number of hydrogen-bond acceptors (Lipinski definition) is 3. The molecule has 0 radical (unpaired) electrons. The van der Waals surface area contributed by atoms with Gasteiger partial charge in [0.05, 0.1) is 19.3 Å². The van der Waals surface area contributed by atoms with E-state index in [1.54, 1.807) is 0 Å². The van der Waals surface area contributed by atoms with Gasteiger partial charge in [-0.1, -0.05) is 52.2 Å². The van der Waals surface area contributed by atoms with Crippen molar-refractivity contribution in [1.29, 1.82) is 0 Å². The second kappa shape index (κ2) is 9.94. The van der Waals surface area contributed by atoms with Gasteiger partial charge in [-0.2, -0.15) is 0 Å². The lowest BCUT2D eigenvalue weighted by Crippen LogP contribution is -2.35. The second-order valence-corrected chi connectivity index (χ2v) is 6.42. The van der Waals surface area contributed by atoms with Gasteiger partial charge in [0.2, 0.25) is 0 Å². The van der Waals surface area contributed by atoms with Crippen LogP contribution in [0.5, 0.6) is 5.75 Å². The van der Waals surface area contributed by atoms with E-state index in [1.807, 2.05) is 12.1 Å². The highest BCUT2D eigenvalue weighted by atomic mass is 16.7. The molecule has 0 amide bonds. The molecule has 0 aromatic heterocycles. The van der Waals surface area contributed by atoms with Gasteiger partial charge >= 0.3 is 0 Å². The molecule has 1 aliphatic heterocycles. The van der Waals surface area contributed by atoms with Crippen molar-refractivity contribution < 1.29 is 14.2 Å². The predicted molar refractivity (Wildman–Crippen MR) is 93.7 cm³/mol. The minimum atomic E-state index is -0.233. The summed E-state index contributed by atoms with van der Waals surface area (Å²) in [6.07, 6.45) is 7.01. The van der Waals surface area contributed by atoms with Crippen LogP contribution in [-0.4, -0.2) is 19.3 Å². The van der Waals surface area contributed by atoms with Crippen molar-refractivity contribution in [2.45, 2.75) is 71.7 Å². The van der Waals surface area contributed by atoms with E-state index in [-0.39, 0.29) is 6.29 Å². The minimum Gasteiger partial charge on any atom is -0.494 e. The summed E-state index contributed by atoms with van der Waals surface area (Å²) in [5, 5.41) is 0. The molecule has 2 rings (SSSR count). The summed E-state index contributed by atoms with van der Waals surface area (Å²) >= 11 is 0. The number of ether oxygens (including phenoxy) is 3. The maximum absolute atomic E-state index is 6.21. The standard InChI is InChI=1S/C20H32O3/c1-4-7-8-14-21-18-12-10-17(11-13-18)20-22-15-16(6-3)19(23-20)9-5-2/h10-13,16,19-20H,4-9,14-15H2,1-3H3/t16-,19+,20-/m1/s1. The van der Waals surface area contributed by atoms with Crippen LogP contribution >= 0.6 is 0 Å². The van der Waals surface area contributed by atoms with Gasteiger partial charge in [0.15, 0.2) is 6.29 Å². The van der Waals surface area contributed by atoms with Crippen molar-refractivity contribution in [3.05, 3.63) is 29.8 Å². The highest BCUT2D eigenvalue weighted by molar-refractivity contribution is 5.28. The van der Waals surface area contributed by atoms with Crippen molar-refractivity contribution in [2.24, 2.45) is 5.92 Å². The van der Waals surface area contributed by atoms with Gasteiger partial charge in [-0.25, -0.2) is 0 Å². The number of unbranched alkanes of at least 4 members (excludes halogenated alkanes) is 2. The Bertz CT molecular complexity index is 429. The van der Waals surface area contributed by atoms with Crippen LogP contribution in [0.1, 0.15) is 71.1 Å². The van der Waals surface area contributed by atoms with Crippen LogP contribution in [0, 0.1) is 5.92 Å². The Morgan fingerprint density at radius 2 is 1.83 bits per heavy atom. The molecule has 0 unspecified atom stereocenters. The fourth-order valence-electron chi connectivity index (χ4n) is 3.03. The number of rotatable bonds is 9. The van der Waals surface area contributed by atoms with E-state index < -0.39 is 0 Å². The molecular formula is C20H32O3. The molecule has 3 nitrogen and oxygen atoms in total. The minimum absolute atomic E-state index is 0.233. The van der Waals surface area contributed by atoms with Crippen LogP contribution in [0.3, 0.4) is 0 Å². The first-order valence-electron chi connectivity index (χ1n) is 9.28. The maximum atomic E-state index is 6.21. The van der Waals surface area contributed by atoms with Crippen LogP contribution < -0.4 is 4.74 Å². The zero-order chi connectivity index (χ0) is 16.5. The smallest absolute Gasteiger partial charge is 0.184 e. The van der Waals surface area contributed by atoms with Crippen molar-refractivity contribution in [2.75, 3.05) is 13.2 Å². The zero-order valence-electron chi connectivity index (χ0n) is 14.9. The largest absolute Gasteiger partial charge is 0.494 e. The van der Waals surface area contributed by atoms with Crippen LogP contribution in [0.25, 0.3) is 0 Å². The first-order chi connectivity index (χ1) is 11.3. The molecule has 0 aliphatic carbocycles. The molecular weight excluding hydrogens is 288 g/mol. The molecule has 0 N–H and O–H groups in total. The summed E-state index contributed by atoms with van der Waals surface area (Å²) < 4.78 is 17.9. The molecule has 0 saturated carbocycles. The number of benzene rings is 1. The van der Waals surface area contributed by atoms with E-state index in [2.05, 4.69) is 32.9 Å². The zero-order valence-corrected chi connectivity index (χ0v) is 14.9. The van der Waals surface area contributed by atoms with Gasteiger partial charge in [-0.05, 0) is 31.4 Å². The molecule has 23 heavy (non-hydrogen) atoms. The van der Waals surface area contributed by atoms with Gasteiger partial charge in [-0.3, -0.25) is 0 Å². The van der Waals surface area contributed by atoms with Gasteiger partial charge in [-0.15, -0.1) is 0 Å². The maximum Gasteiger partial charge on any atom is 0.184 e. The normalized spacial score (nSPS) is 24.6. The van der Waals surface area contributed by atoms with E-state index in [0.29, 0.717) is 12.0 Å². The lowest BCUT2D eigenvalue weighted by molar-refractivity contribution is -0.243. The molecule has 1 aliphatic rings. The molecule has 1 aromatic carbocycles. The van der Waals surface area contributed by atoms with Crippen molar-refractivity contribution >= 4 is 0 Å². The summed E-state index contributed by atoms with van der Waals surface area (Å²) in [5.74, 6) is 1.45. The lowest BCUT2D eigenvalue weighted by atomic mass is 9.95.